The predicted molar refractivity (Wildman–Crippen MR) is 107 cm³/mol. The van der Waals surface area contributed by atoms with Crippen molar-refractivity contribution in [1.29, 1.82) is 0 Å². The lowest BCUT2D eigenvalue weighted by Gasteiger charge is -2.13. The largest absolute Gasteiger partial charge is 0.364 e. The van der Waals surface area contributed by atoms with E-state index in [2.05, 4.69) is 32.5 Å². The monoisotopic (exact) mass is 361 g/mol. The lowest BCUT2D eigenvalue weighted by atomic mass is 10.1. The van der Waals surface area contributed by atoms with Crippen molar-refractivity contribution in [3.63, 3.8) is 0 Å². The zero-order valence-electron chi connectivity index (χ0n) is 15.8. The Bertz CT molecular complexity index is 941. The Balaban J connectivity index is 1.78. The summed E-state index contributed by atoms with van der Waals surface area (Å²) in [5.41, 5.74) is 4.21. The highest BCUT2D eigenvalue weighted by atomic mass is 16.1. The number of amides is 1. The van der Waals surface area contributed by atoms with Gasteiger partial charge in [-0.1, -0.05) is 31.2 Å². The van der Waals surface area contributed by atoms with Crippen molar-refractivity contribution in [3.05, 3.63) is 77.0 Å². The number of aromatic nitrogens is 3. The van der Waals surface area contributed by atoms with Gasteiger partial charge in [0.15, 0.2) is 0 Å². The molecule has 3 aromatic rings. The molecule has 0 unspecified atom stereocenters. The molecule has 0 saturated heterocycles. The molecule has 1 amide bonds. The van der Waals surface area contributed by atoms with Crippen molar-refractivity contribution in [2.24, 2.45) is 0 Å². The van der Waals surface area contributed by atoms with Crippen LogP contribution >= 0.6 is 0 Å². The highest BCUT2D eigenvalue weighted by Gasteiger charge is 2.14. The Labute approximate surface area is 159 Å². The molecule has 0 spiro atoms. The molecule has 2 aromatic heterocycles. The van der Waals surface area contributed by atoms with Gasteiger partial charge >= 0.3 is 0 Å². The quantitative estimate of drug-likeness (QED) is 0.696. The summed E-state index contributed by atoms with van der Waals surface area (Å²) in [6.07, 6.45) is 2.59. The molecule has 138 valence electrons. The number of rotatable bonds is 6. The van der Waals surface area contributed by atoms with Gasteiger partial charge in [-0.15, -0.1) is 0 Å². The van der Waals surface area contributed by atoms with Crippen LogP contribution in [0.2, 0.25) is 0 Å². The fraction of sp³-hybridized carbons (Fsp3) is 0.238. The molecule has 2 heterocycles. The first-order chi connectivity index (χ1) is 13.1. The molecule has 0 aliphatic rings. The van der Waals surface area contributed by atoms with E-state index < -0.39 is 0 Å². The third-order valence-corrected chi connectivity index (χ3v) is 4.23. The van der Waals surface area contributed by atoms with Gasteiger partial charge in [-0.2, -0.15) is 0 Å². The van der Waals surface area contributed by atoms with Crippen LogP contribution in [-0.4, -0.2) is 20.9 Å². The molecule has 27 heavy (non-hydrogen) atoms. The molecular weight excluding hydrogens is 338 g/mol. The number of hydrogen-bond donors (Lipinski definition) is 2. The number of nitrogens with one attached hydrogen (secondary N) is 2. The standard InChI is InChI=1S/C21H23N5O/c1-4-16-9-7-8-14(2)20(16)26-21(27)18-12-19(25-15(3)24-18)23-13-17-10-5-6-11-22-17/h5-12H,4,13H2,1-3H3,(H,26,27)(H,23,24,25). The van der Waals surface area contributed by atoms with Crippen LogP contribution in [0.4, 0.5) is 11.5 Å². The minimum atomic E-state index is -0.245. The molecule has 0 saturated carbocycles. The molecule has 0 bridgehead atoms. The molecule has 3 rings (SSSR count). The maximum absolute atomic E-state index is 12.8. The molecule has 0 radical (unpaired) electrons. The van der Waals surface area contributed by atoms with E-state index in [0.717, 1.165) is 28.9 Å². The SMILES string of the molecule is CCc1cccc(C)c1NC(=O)c1cc(NCc2ccccn2)nc(C)n1. The number of nitrogens with zero attached hydrogens (tertiary/aromatic N) is 3. The number of aryl methyl sites for hydroxylation is 3. The smallest absolute Gasteiger partial charge is 0.274 e. The van der Waals surface area contributed by atoms with Crippen LogP contribution in [0, 0.1) is 13.8 Å². The topological polar surface area (TPSA) is 79.8 Å². The van der Waals surface area contributed by atoms with Crippen molar-refractivity contribution >= 4 is 17.4 Å². The fourth-order valence-electron chi connectivity index (χ4n) is 2.84. The molecule has 1 aromatic carbocycles. The number of para-hydroxylation sites is 1. The van der Waals surface area contributed by atoms with E-state index in [9.17, 15) is 4.79 Å². The predicted octanol–water partition coefficient (Wildman–Crippen LogP) is 3.92. The summed E-state index contributed by atoms with van der Waals surface area (Å²) in [6, 6.07) is 13.4. The van der Waals surface area contributed by atoms with Crippen molar-refractivity contribution in [2.75, 3.05) is 10.6 Å². The summed E-state index contributed by atoms with van der Waals surface area (Å²) in [4.78, 5) is 25.7. The van der Waals surface area contributed by atoms with Gasteiger partial charge in [0, 0.05) is 18.0 Å². The van der Waals surface area contributed by atoms with E-state index in [1.165, 1.54) is 0 Å². The Morgan fingerprint density at radius 2 is 1.93 bits per heavy atom. The second kappa shape index (κ2) is 8.40. The number of anilines is 2. The van der Waals surface area contributed by atoms with E-state index in [1.54, 1.807) is 19.2 Å². The van der Waals surface area contributed by atoms with Crippen LogP contribution in [0.1, 0.15) is 40.1 Å². The second-order valence-electron chi connectivity index (χ2n) is 6.28. The van der Waals surface area contributed by atoms with Gasteiger partial charge in [0.25, 0.3) is 5.91 Å². The highest BCUT2D eigenvalue weighted by molar-refractivity contribution is 6.04. The summed E-state index contributed by atoms with van der Waals surface area (Å²) >= 11 is 0. The van der Waals surface area contributed by atoms with Gasteiger partial charge in [0.05, 0.1) is 12.2 Å². The Morgan fingerprint density at radius 1 is 1.07 bits per heavy atom. The number of hydrogen-bond acceptors (Lipinski definition) is 5. The maximum Gasteiger partial charge on any atom is 0.274 e. The third kappa shape index (κ3) is 4.67. The number of benzene rings is 1. The molecule has 0 fully saturated rings. The Kier molecular flexibility index (Phi) is 5.76. The summed E-state index contributed by atoms with van der Waals surface area (Å²) in [7, 11) is 0. The van der Waals surface area contributed by atoms with Crippen LogP contribution in [-0.2, 0) is 13.0 Å². The van der Waals surface area contributed by atoms with Gasteiger partial charge in [-0.3, -0.25) is 9.78 Å². The molecule has 2 N–H and O–H groups in total. The second-order valence-corrected chi connectivity index (χ2v) is 6.28. The van der Waals surface area contributed by atoms with Gasteiger partial charge in [0.2, 0.25) is 0 Å². The zero-order chi connectivity index (χ0) is 19.2. The van der Waals surface area contributed by atoms with E-state index in [4.69, 9.17) is 0 Å². The third-order valence-electron chi connectivity index (χ3n) is 4.23. The normalized spacial score (nSPS) is 10.5. The fourth-order valence-corrected chi connectivity index (χ4v) is 2.84. The Hall–Kier alpha value is -3.28. The van der Waals surface area contributed by atoms with E-state index >= 15 is 0 Å². The van der Waals surface area contributed by atoms with Crippen molar-refractivity contribution < 1.29 is 4.79 Å². The molecule has 0 aliphatic heterocycles. The van der Waals surface area contributed by atoms with Gasteiger partial charge in [-0.25, -0.2) is 9.97 Å². The average Bonchev–Trinajstić information content (AvgIpc) is 2.68. The summed E-state index contributed by atoms with van der Waals surface area (Å²) in [6.45, 7) is 6.35. The minimum absolute atomic E-state index is 0.245. The Morgan fingerprint density at radius 3 is 2.67 bits per heavy atom. The van der Waals surface area contributed by atoms with Crippen LogP contribution in [0.3, 0.4) is 0 Å². The molecule has 6 nitrogen and oxygen atoms in total. The summed E-state index contributed by atoms with van der Waals surface area (Å²) < 4.78 is 0. The highest BCUT2D eigenvalue weighted by Crippen LogP contribution is 2.22. The molecule has 6 heteroatoms. The first-order valence-electron chi connectivity index (χ1n) is 8.96. The van der Waals surface area contributed by atoms with Crippen LogP contribution in [0.5, 0.6) is 0 Å². The van der Waals surface area contributed by atoms with Gasteiger partial charge in [-0.05, 0) is 43.5 Å². The van der Waals surface area contributed by atoms with E-state index in [-0.39, 0.29) is 5.91 Å². The van der Waals surface area contributed by atoms with Crippen LogP contribution in [0.25, 0.3) is 0 Å². The number of carbonyl (C=O) groups excluding carboxylic acids is 1. The first-order valence-corrected chi connectivity index (χ1v) is 8.96. The van der Waals surface area contributed by atoms with E-state index in [1.807, 2.05) is 43.3 Å². The maximum atomic E-state index is 12.8. The molecular formula is C21H23N5O. The zero-order valence-corrected chi connectivity index (χ0v) is 15.8. The first kappa shape index (κ1) is 18.5. The summed E-state index contributed by atoms with van der Waals surface area (Å²) in [5, 5.41) is 6.21. The van der Waals surface area contributed by atoms with Crippen molar-refractivity contribution in [1.82, 2.24) is 15.0 Å². The van der Waals surface area contributed by atoms with Crippen LogP contribution < -0.4 is 10.6 Å². The lowest BCUT2D eigenvalue weighted by Crippen LogP contribution is -2.17. The van der Waals surface area contributed by atoms with Gasteiger partial charge in [0.1, 0.15) is 17.3 Å². The van der Waals surface area contributed by atoms with Gasteiger partial charge < -0.3 is 10.6 Å². The van der Waals surface area contributed by atoms with Crippen molar-refractivity contribution in [3.8, 4) is 0 Å². The van der Waals surface area contributed by atoms with E-state index in [0.29, 0.717) is 23.9 Å². The summed E-state index contributed by atoms with van der Waals surface area (Å²) in [5.74, 6) is 0.885. The number of carbonyl (C=O) groups is 1. The van der Waals surface area contributed by atoms with Crippen LogP contribution in [0.15, 0.2) is 48.7 Å². The number of pyridine rings is 1. The van der Waals surface area contributed by atoms with Crippen molar-refractivity contribution in [2.45, 2.75) is 33.7 Å². The lowest BCUT2D eigenvalue weighted by molar-refractivity contribution is 0.102. The average molecular weight is 361 g/mol. The molecule has 0 aliphatic carbocycles. The molecule has 0 atom stereocenters. The minimum Gasteiger partial charge on any atom is -0.364 e.